The molecule has 0 amide bonds. The van der Waals surface area contributed by atoms with Crippen LogP contribution in [0.5, 0.6) is 0 Å². The lowest BCUT2D eigenvalue weighted by molar-refractivity contribution is 0.756. The predicted molar refractivity (Wildman–Crippen MR) is 76.1 cm³/mol. The van der Waals surface area contributed by atoms with Gasteiger partial charge in [0.05, 0.1) is 18.1 Å². The van der Waals surface area contributed by atoms with Gasteiger partial charge in [-0.15, -0.1) is 0 Å². The number of anilines is 2. The molecule has 0 unspecified atom stereocenters. The van der Waals surface area contributed by atoms with Gasteiger partial charge in [-0.2, -0.15) is 5.10 Å². The van der Waals surface area contributed by atoms with E-state index < -0.39 is 0 Å². The SMILES string of the molecule is CCCNc1cncc(NCc2cn(C)nc2C)n1. The van der Waals surface area contributed by atoms with Crippen molar-refractivity contribution >= 4 is 11.6 Å². The summed E-state index contributed by atoms with van der Waals surface area (Å²) >= 11 is 0. The van der Waals surface area contributed by atoms with Crippen LogP contribution in [0.2, 0.25) is 0 Å². The lowest BCUT2D eigenvalue weighted by Gasteiger charge is -2.07. The summed E-state index contributed by atoms with van der Waals surface area (Å²) in [5.41, 5.74) is 2.19. The first-order valence-corrected chi connectivity index (χ1v) is 6.48. The second-order valence-electron chi connectivity index (χ2n) is 4.48. The Balaban J connectivity index is 1.97. The maximum absolute atomic E-state index is 4.45. The number of hydrogen-bond donors (Lipinski definition) is 2. The van der Waals surface area contributed by atoms with Gasteiger partial charge >= 0.3 is 0 Å². The van der Waals surface area contributed by atoms with E-state index in [1.165, 1.54) is 0 Å². The lowest BCUT2D eigenvalue weighted by atomic mass is 10.2. The minimum atomic E-state index is 0.700. The second kappa shape index (κ2) is 6.17. The van der Waals surface area contributed by atoms with Crippen molar-refractivity contribution in [1.82, 2.24) is 19.7 Å². The maximum Gasteiger partial charge on any atom is 0.147 e. The van der Waals surface area contributed by atoms with E-state index >= 15 is 0 Å². The van der Waals surface area contributed by atoms with Crippen molar-refractivity contribution in [2.45, 2.75) is 26.8 Å². The smallest absolute Gasteiger partial charge is 0.147 e. The summed E-state index contributed by atoms with van der Waals surface area (Å²) in [6, 6.07) is 0. The van der Waals surface area contributed by atoms with Gasteiger partial charge in [0.25, 0.3) is 0 Å². The summed E-state index contributed by atoms with van der Waals surface area (Å²) in [7, 11) is 1.92. The number of nitrogens with zero attached hydrogens (tertiary/aromatic N) is 4. The zero-order chi connectivity index (χ0) is 13.7. The number of rotatable bonds is 6. The van der Waals surface area contributed by atoms with Crippen molar-refractivity contribution in [3.8, 4) is 0 Å². The molecule has 0 fully saturated rings. The van der Waals surface area contributed by atoms with E-state index in [1.54, 1.807) is 12.4 Å². The van der Waals surface area contributed by atoms with Gasteiger partial charge in [-0.05, 0) is 13.3 Å². The molecule has 2 aromatic rings. The van der Waals surface area contributed by atoms with Crippen LogP contribution in [0.4, 0.5) is 11.6 Å². The minimum absolute atomic E-state index is 0.700. The van der Waals surface area contributed by atoms with Crippen LogP contribution in [0.25, 0.3) is 0 Å². The van der Waals surface area contributed by atoms with Crippen LogP contribution in [0.3, 0.4) is 0 Å². The van der Waals surface area contributed by atoms with Crippen LogP contribution < -0.4 is 10.6 Å². The monoisotopic (exact) mass is 260 g/mol. The van der Waals surface area contributed by atoms with Crippen molar-refractivity contribution in [2.75, 3.05) is 17.2 Å². The first-order chi connectivity index (χ1) is 9.19. The molecule has 6 heteroatoms. The molecule has 0 saturated carbocycles. The highest BCUT2D eigenvalue weighted by Crippen LogP contribution is 2.10. The van der Waals surface area contributed by atoms with E-state index in [4.69, 9.17) is 0 Å². The first kappa shape index (κ1) is 13.3. The average Bonchev–Trinajstić information content (AvgIpc) is 2.73. The van der Waals surface area contributed by atoms with Gasteiger partial charge in [0, 0.05) is 31.9 Å². The van der Waals surface area contributed by atoms with E-state index in [2.05, 4.69) is 32.6 Å². The highest BCUT2D eigenvalue weighted by molar-refractivity contribution is 5.42. The van der Waals surface area contributed by atoms with Crippen LogP contribution in [0.15, 0.2) is 18.6 Å². The topological polar surface area (TPSA) is 67.7 Å². The Hall–Kier alpha value is -2.11. The number of nitrogens with one attached hydrogen (secondary N) is 2. The third-order valence-electron chi connectivity index (χ3n) is 2.77. The Labute approximate surface area is 113 Å². The molecule has 0 aliphatic heterocycles. The molecule has 2 N–H and O–H groups in total. The highest BCUT2D eigenvalue weighted by atomic mass is 15.3. The quantitative estimate of drug-likeness (QED) is 0.831. The average molecular weight is 260 g/mol. The van der Waals surface area contributed by atoms with Crippen molar-refractivity contribution in [1.29, 1.82) is 0 Å². The van der Waals surface area contributed by atoms with Gasteiger partial charge in [-0.1, -0.05) is 6.92 Å². The van der Waals surface area contributed by atoms with Gasteiger partial charge in [0.1, 0.15) is 11.6 Å². The summed E-state index contributed by atoms with van der Waals surface area (Å²) in [4.78, 5) is 8.62. The van der Waals surface area contributed by atoms with Gasteiger partial charge in [0.2, 0.25) is 0 Å². The van der Waals surface area contributed by atoms with Crippen LogP contribution in [-0.2, 0) is 13.6 Å². The van der Waals surface area contributed by atoms with Crippen molar-refractivity contribution in [3.05, 3.63) is 29.8 Å². The van der Waals surface area contributed by atoms with Crippen molar-refractivity contribution in [2.24, 2.45) is 7.05 Å². The van der Waals surface area contributed by atoms with Crippen LogP contribution >= 0.6 is 0 Å². The minimum Gasteiger partial charge on any atom is -0.369 e. The maximum atomic E-state index is 4.45. The third kappa shape index (κ3) is 3.67. The fraction of sp³-hybridized carbons (Fsp3) is 0.462. The standard InChI is InChI=1S/C13H20N6/c1-4-5-15-12-7-14-8-13(17-12)16-6-11-9-19(3)18-10(11)2/h7-9H,4-6H2,1-3H3,(H2,15,16,17). The van der Waals surface area contributed by atoms with E-state index in [0.717, 1.165) is 35.9 Å². The fourth-order valence-electron chi connectivity index (χ4n) is 1.80. The van der Waals surface area contributed by atoms with E-state index in [0.29, 0.717) is 6.54 Å². The van der Waals surface area contributed by atoms with E-state index in [1.807, 2.05) is 24.9 Å². The number of aromatic nitrogens is 4. The third-order valence-corrected chi connectivity index (χ3v) is 2.77. The number of aryl methyl sites for hydroxylation is 2. The summed E-state index contributed by atoms with van der Waals surface area (Å²) in [6.45, 7) is 5.72. The lowest BCUT2D eigenvalue weighted by Crippen LogP contribution is -2.06. The normalized spacial score (nSPS) is 10.5. The second-order valence-corrected chi connectivity index (χ2v) is 4.48. The molecule has 0 aromatic carbocycles. The first-order valence-electron chi connectivity index (χ1n) is 6.48. The summed E-state index contributed by atoms with van der Waals surface area (Å²) in [5, 5.41) is 10.8. The van der Waals surface area contributed by atoms with Crippen LogP contribution in [-0.4, -0.2) is 26.3 Å². The van der Waals surface area contributed by atoms with Crippen molar-refractivity contribution in [3.63, 3.8) is 0 Å². The molecular formula is C13H20N6. The largest absolute Gasteiger partial charge is 0.369 e. The number of hydrogen-bond acceptors (Lipinski definition) is 5. The summed E-state index contributed by atoms with van der Waals surface area (Å²) in [5.74, 6) is 1.57. The van der Waals surface area contributed by atoms with Gasteiger partial charge < -0.3 is 10.6 Å². The Bertz CT molecular complexity index is 534. The highest BCUT2D eigenvalue weighted by Gasteiger charge is 2.03. The Morgan fingerprint density at radius 1 is 1.21 bits per heavy atom. The fourth-order valence-corrected chi connectivity index (χ4v) is 1.80. The van der Waals surface area contributed by atoms with Crippen LogP contribution in [0.1, 0.15) is 24.6 Å². The van der Waals surface area contributed by atoms with Crippen molar-refractivity contribution < 1.29 is 0 Å². The molecule has 2 rings (SSSR count). The summed E-state index contributed by atoms with van der Waals surface area (Å²) < 4.78 is 1.82. The van der Waals surface area contributed by atoms with Gasteiger partial charge in [0.15, 0.2) is 0 Å². The van der Waals surface area contributed by atoms with E-state index in [-0.39, 0.29) is 0 Å². The summed E-state index contributed by atoms with van der Waals surface area (Å²) in [6.07, 6.45) is 6.53. The van der Waals surface area contributed by atoms with Gasteiger partial charge in [-0.3, -0.25) is 9.67 Å². The van der Waals surface area contributed by atoms with Gasteiger partial charge in [-0.25, -0.2) is 4.98 Å². The zero-order valence-electron chi connectivity index (χ0n) is 11.6. The van der Waals surface area contributed by atoms with E-state index in [9.17, 15) is 0 Å². The molecule has 2 heterocycles. The molecule has 0 saturated heterocycles. The molecule has 0 bridgehead atoms. The Morgan fingerprint density at radius 3 is 2.58 bits per heavy atom. The predicted octanol–water partition coefficient (Wildman–Crippen LogP) is 1.95. The molecule has 102 valence electrons. The molecule has 0 atom stereocenters. The Morgan fingerprint density at radius 2 is 1.95 bits per heavy atom. The van der Waals surface area contributed by atoms with Crippen LogP contribution in [0, 0.1) is 6.92 Å². The molecule has 2 aromatic heterocycles. The molecule has 0 spiro atoms. The Kier molecular flexibility index (Phi) is 4.33. The zero-order valence-corrected chi connectivity index (χ0v) is 11.6. The molecule has 19 heavy (non-hydrogen) atoms. The molecule has 0 aliphatic carbocycles. The molecule has 0 aliphatic rings. The molecule has 0 radical (unpaired) electrons. The molecular weight excluding hydrogens is 240 g/mol. The molecule has 6 nitrogen and oxygen atoms in total.